The van der Waals surface area contributed by atoms with Gasteiger partial charge in [0, 0.05) is 5.70 Å². The van der Waals surface area contributed by atoms with Crippen LogP contribution in [0.5, 0.6) is 11.5 Å². The fourth-order valence-corrected chi connectivity index (χ4v) is 3.22. The van der Waals surface area contributed by atoms with Crippen LogP contribution in [0.3, 0.4) is 0 Å². The lowest BCUT2D eigenvalue weighted by Crippen LogP contribution is -2.20. The molecule has 4 rings (SSSR count). The molecule has 0 bridgehead atoms. The number of allylic oxidation sites excluding steroid dienone is 1. The standard InChI is InChI=1S/C21H22N4O2/c1-4-27-19-10-9-16(11-20(19)26-3)18-12-17(15-7-5-14(2)6-8-15)24-21-22-13-23-25(18)21/h5-13,18H,4H2,1-3H3,(H,22,23,24)/t18-/m1/s1. The first-order valence-corrected chi connectivity index (χ1v) is 8.95. The highest BCUT2D eigenvalue weighted by atomic mass is 16.5. The first-order chi connectivity index (χ1) is 13.2. The normalized spacial score (nSPS) is 15.5. The zero-order chi connectivity index (χ0) is 18.8. The minimum Gasteiger partial charge on any atom is -0.493 e. The van der Waals surface area contributed by atoms with E-state index < -0.39 is 0 Å². The maximum Gasteiger partial charge on any atom is 0.226 e. The van der Waals surface area contributed by atoms with E-state index in [9.17, 15) is 0 Å². The van der Waals surface area contributed by atoms with Gasteiger partial charge in [0.25, 0.3) is 0 Å². The number of nitrogens with zero attached hydrogens (tertiary/aromatic N) is 3. The van der Waals surface area contributed by atoms with Crippen molar-refractivity contribution in [1.82, 2.24) is 14.8 Å². The van der Waals surface area contributed by atoms with E-state index in [0.29, 0.717) is 18.3 Å². The molecule has 6 nitrogen and oxygen atoms in total. The first kappa shape index (κ1) is 17.1. The predicted molar refractivity (Wildman–Crippen MR) is 105 cm³/mol. The van der Waals surface area contributed by atoms with Gasteiger partial charge in [-0.15, -0.1) is 0 Å². The smallest absolute Gasteiger partial charge is 0.226 e. The van der Waals surface area contributed by atoms with Gasteiger partial charge in [-0.1, -0.05) is 35.9 Å². The molecule has 0 spiro atoms. The van der Waals surface area contributed by atoms with E-state index in [4.69, 9.17) is 9.47 Å². The number of benzene rings is 2. The molecule has 3 aromatic rings. The van der Waals surface area contributed by atoms with E-state index in [1.165, 1.54) is 5.56 Å². The number of aryl methyl sites for hydroxylation is 1. The summed E-state index contributed by atoms with van der Waals surface area (Å²) in [6.07, 6.45) is 3.72. The topological polar surface area (TPSA) is 61.2 Å². The lowest BCUT2D eigenvalue weighted by atomic mass is 10.0. The van der Waals surface area contributed by atoms with Crippen LogP contribution in [0.2, 0.25) is 0 Å². The van der Waals surface area contributed by atoms with Gasteiger partial charge in [-0.3, -0.25) is 0 Å². The lowest BCUT2D eigenvalue weighted by Gasteiger charge is -2.25. The van der Waals surface area contributed by atoms with Gasteiger partial charge < -0.3 is 14.8 Å². The van der Waals surface area contributed by atoms with E-state index in [0.717, 1.165) is 22.6 Å². The number of methoxy groups -OCH3 is 1. The quantitative estimate of drug-likeness (QED) is 0.742. The Labute approximate surface area is 158 Å². The van der Waals surface area contributed by atoms with Gasteiger partial charge in [-0.05, 0) is 43.2 Å². The number of nitrogens with one attached hydrogen (secondary N) is 1. The van der Waals surface area contributed by atoms with Crippen molar-refractivity contribution in [2.45, 2.75) is 19.9 Å². The molecular weight excluding hydrogens is 340 g/mol. The van der Waals surface area contributed by atoms with Crippen molar-refractivity contribution >= 4 is 11.6 Å². The maximum atomic E-state index is 5.64. The molecule has 1 aliphatic rings. The van der Waals surface area contributed by atoms with Gasteiger partial charge in [0.15, 0.2) is 11.5 Å². The van der Waals surface area contributed by atoms with E-state index in [1.54, 1.807) is 13.4 Å². The van der Waals surface area contributed by atoms with Gasteiger partial charge in [0.05, 0.1) is 13.7 Å². The van der Waals surface area contributed by atoms with Crippen LogP contribution < -0.4 is 14.8 Å². The summed E-state index contributed by atoms with van der Waals surface area (Å²) in [5.41, 5.74) is 4.39. The van der Waals surface area contributed by atoms with Gasteiger partial charge in [0.1, 0.15) is 12.4 Å². The average Bonchev–Trinajstić information content (AvgIpc) is 3.17. The van der Waals surface area contributed by atoms with E-state index >= 15 is 0 Å². The van der Waals surface area contributed by atoms with Crippen LogP contribution in [0.4, 0.5) is 5.95 Å². The summed E-state index contributed by atoms with van der Waals surface area (Å²) >= 11 is 0. The van der Waals surface area contributed by atoms with Crippen LogP contribution in [0.25, 0.3) is 5.70 Å². The SMILES string of the molecule is CCOc1ccc([C@H]2C=C(c3ccc(C)cc3)Nc3ncnn32)cc1OC. The maximum absolute atomic E-state index is 5.64. The number of hydrogen-bond donors (Lipinski definition) is 1. The number of anilines is 1. The Kier molecular flexibility index (Phi) is 4.54. The molecule has 27 heavy (non-hydrogen) atoms. The highest BCUT2D eigenvalue weighted by molar-refractivity contribution is 5.77. The third-order valence-electron chi connectivity index (χ3n) is 4.60. The second kappa shape index (κ2) is 7.15. The number of ether oxygens (including phenoxy) is 2. The van der Waals surface area contributed by atoms with Gasteiger partial charge >= 0.3 is 0 Å². The van der Waals surface area contributed by atoms with E-state index in [-0.39, 0.29) is 6.04 Å². The Balaban J connectivity index is 1.77. The molecule has 1 N–H and O–H groups in total. The zero-order valence-corrected chi connectivity index (χ0v) is 15.6. The first-order valence-electron chi connectivity index (χ1n) is 8.95. The molecule has 2 heterocycles. The van der Waals surface area contributed by atoms with Crippen LogP contribution in [-0.2, 0) is 0 Å². The third kappa shape index (κ3) is 3.26. The van der Waals surface area contributed by atoms with Gasteiger partial charge in [-0.2, -0.15) is 10.1 Å². The van der Waals surface area contributed by atoms with Crippen molar-refractivity contribution in [2.75, 3.05) is 19.0 Å². The molecule has 0 radical (unpaired) electrons. The second-order valence-corrected chi connectivity index (χ2v) is 6.39. The summed E-state index contributed by atoms with van der Waals surface area (Å²) in [6, 6.07) is 14.3. The predicted octanol–water partition coefficient (Wildman–Crippen LogP) is 4.05. The van der Waals surface area contributed by atoms with Crippen molar-refractivity contribution < 1.29 is 9.47 Å². The lowest BCUT2D eigenvalue weighted by molar-refractivity contribution is 0.310. The largest absolute Gasteiger partial charge is 0.493 e. The third-order valence-corrected chi connectivity index (χ3v) is 4.60. The molecule has 0 aliphatic carbocycles. The Hall–Kier alpha value is -3.28. The number of fused-ring (bicyclic) bond motifs is 1. The van der Waals surface area contributed by atoms with Crippen molar-refractivity contribution in [2.24, 2.45) is 0 Å². The van der Waals surface area contributed by atoms with Crippen molar-refractivity contribution in [1.29, 1.82) is 0 Å². The van der Waals surface area contributed by atoms with Crippen LogP contribution in [0, 0.1) is 6.92 Å². The van der Waals surface area contributed by atoms with Crippen LogP contribution in [-0.4, -0.2) is 28.5 Å². The number of aromatic nitrogens is 3. The molecule has 0 saturated heterocycles. The monoisotopic (exact) mass is 362 g/mol. The molecule has 1 atom stereocenters. The second-order valence-electron chi connectivity index (χ2n) is 6.39. The van der Waals surface area contributed by atoms with E-state index in [2.05, 4.69) is 52.7 Å². The molecule has 6 heteroatoms. The molecule has 1 aliphatic heterocycles. The minimum atomic E-state index is -0.0929. The van der Waals surface area contributed by atoms with Crippen LogP contribution >= 0.6 is 0 Å². The van der Waals surface area contributed by atoms with Crippen LogP contribution in [0.15, 0.2) is 54.9 Å². The van der Waals surface area contributed by atoms with Crippen LogP contribution in [0.1, 0.15) is 29.7 Å². The summed E-state index contributed by atoms with van der Waals surface area (Å²) in [5, 5.41) is 7.76. The molecule has 138 valence electrons. The fraction of sp³-hybridized carbons (Fsp3) is 0.238. The Morgan fingerprint density at radius 3 is 2.67 bits per heavy atom. The van der Waals surface area contributed by atoms with Crippen molar-refractivity contribution in [3.8, 4) is 11.5 Å². The minimum absolute atomic E-state index is 0.0929. The van der Waals surface area contributed by atoms with Gasteiger partial charge in [0.2, 0.25) is 5.95 Å². The number of hydrogen-bond acceptors (Lipinski definition) is 5. The summed E-state index contributed by atoms with van der Waals surface area (Å²) < 4.78 is 13.0. The number of rotatable bonds is 5. The summed E-state index contributed by atoms with van der Waals surface area (Å²) in [5.74, 6) is 2.16. The molecule has 2 aromatic carbocycles. The molecule has 0 fully saturated rings. The molecular formula is C21H22N4O2. The Morgan fingerprint density at radius 1 is 1.11 bits per heavy atom. The zero-order valence-electron chi connectivity index (χ0n) is 15.6. The summed E-state index contributed by atoms with van der Waals surface area (Å²) in [4.78, 5) is 4.36. The summed E-state index contributed by atoms with van der Waals surface area (Å²) in [7, 11) is 1.65. The average molecular weight is 362 g/mol. The highest BCUT2D eigenvalue weighted by Gasteiger charge is 2.24. The van der Waals surface area contributed by atoms with E-state index in [1.807, 2.05) is 29.8 Å². The van der Waals surface area contributed by atoms with Gasteiger partial charge in [-0.25, -0.2) is 4.68 Å². The Bertz CT molecular complexity index is 976. The Morgan fingerprint density at radius 2 is 1.93 bits per heavy atom. The van der Waals surface area contributed by atoms with Crippen molar-refractivity contribution in [3.05, 3.63) is 71.6 Å². The molecule has 1 aromatic heterocycles. The summed E-state index contributed by atoms with van der Waals surface area (Å²) in [6.45, 7) is 4.63. The molecule has 0 amide bonds. The fourth-order valence-electron chi connectivity index (χ4n) is 3.22. The molecule has 0 saturated carbocycles. The molecule has 0 unspecified atom stereocenters. The highest BCUT2D eigenvalue weighted by Crippen LogP contribution is 2.36. The van der Waals surface area contributed by atoms with Crippen molar-refractivity contribution in [3.63, 3.8) is 0 Å².